The summed E-state index contributed by atoms with van der Waals surface area (Å²) < 4.78 is 4.15. The molecule has 0 spiro atoms. The molecule has 9 heteroatoms. The van der Waals surface area contributed by atoms with E-state index >= 15 is 0 Å². The zero-order valence-electron chi connectivity index (χ0n) is 13.2. The molecule has 2 heterocycles. The average molecular weight is 443 g/mol. The summed E-state index contributed by atoms with van der Waals surface area (Å²) in [6.07, 6.45) is 3.36. The van der Waals surface area contributed by atoms with E-state index in [1.807, 2.05) is 19.1 Å². The van der Waals surface area contributed by atoms with Crippen molar-refractivity contribution >= 4 is 50.9 Å². The van der Waals surface area contributed by atoms with Gasteiger partial charge in [0, 0.05) is 18.0 Å². The van der Waals surface area contributed by atoms with Gasteiger partial charge >= 0.3 is 0 Å². The standard InChI is InChI=1S/C16H14BrCl2N5O/c1-10-4-15(21-16(25)9-23-8-12(17)6-20-23)22-24(10)7-11-2-3-13(18)14(19)5-11/h2-6,8H,7,9H2,1H3,(H,21,22,25). The van der Waals surface area contributed by atoms with Crippen molar-refractivity contribution in [3.8, 4) is 0 Å². The Morgan fingerprint density at radius 3 is 2.76 bits per heavy atom. The third-order valence-electron chi connectivity index (χ3n) is 3.47. The fraction of sp³-hybridized carbons (Fsp3) is 0.188. The number of hydrogen-bond acceptors (Lipinski definition) is 3. The van der Waals surface area contributed by atoms with Gasteiger partial charge in [-0.3, -0.25) is 14.2 Å². The van der Waals surface area contributed by atoms with E-state index in [-0.39, 0.29) is 12.5 Å². The summed E-state index contributed by atoms with van der Waals surface area (Å²) in [7, 11) is 0. The van der Waals surface area contributed by atoms with Gasteiger partial charge in [0.1, 0.15) is 6.54 Å². The lowest BCUT2D eigenvalue weighted by atomic mass is 10.2. The third-order valence-corrected chi connectivity index (χ3v) is 4.62. The predicted octanol–water partition coefficient (Wildman–Crippen LogP) is 4.14. The maximum atomic E-state index is 12.1. The van der Waals surface area contributed by atoms with Gasteiger partial charge in [0.25, 0.3) is 0 Å². The normalized spacial score (nSPS) is 10.9. The van der Waals surface area contributed by atoms with Crippen molar-refractivity contribution in [2.24, 2.45) is 0 Å². The van der Waals surface area contributed by atoms with Crippen LogP contribution >= 0.6 is 39.1 Å². The number of aryl methyl sites for hydroxylation is 1. The van der Waals surface area contributed by atoms with Crippen LogP contribution < -0.4 is 5.32 Å². The number of amides is 1. The van der Waals surface area contributed by atoms with Crippen LogP contribution in [0.1, 0.15) is 11.3 Å². The van der Waals surface area contributed by atoms with Gasteiger partial charge in [-0.2, -0.15) is 10.2 Å². The third kappa shape index (κ3) is 4.62. The topological polar surface area (TPSA) is 64.7 Å². The van der Waals surface area contributed by atoms with E-state index < -0.39 is 0 Å². The van der Waals surface area contributed by atoms with Crippen molar-refractivity contribution in [2.45, 2.75) is 20.0 Å². The van der Waals surface area contributed by atoms with Gasteiger partial charge in [-0.1, -0.05) is 29.3 Å². The van der Waals surface area contributed by atoms with Crippen LogP contribution in [-0.4, -0.2) is 25.5 Å². The number of carbonyl (C=O) groups is 1. The molecule has 25 heavy (non-hydrogen) atoms. The van der Waals surface area contributed by atoms with E-state index in [2.05, 4.69) is 31.4 Å². The van der Waals surface area contributed by atoms with Gasteiger partial charge in [-0.15, -0.1) is 0 Å². The first-order valence-electron chi connectivity index (χ1n) is 7.37. The molecule has 130 valence electrons. The van der Waals surface area contributed by atoms with E-state index in [1.165, 1.54) is 0 Å². The van der Waals surface area contributed by atoms with Crippen LogP contribution in [0.2, 0.25) is 10.0 Å². The fourth-order valence-corrected chi connectivity index (χ4v) is 2.95. The van der Waals surface area contributed by atoms with E-state index in [0.717, 1.165) is 15.7 Å². The van der Waals surface area contributed by atoms with Crippen LogP contribution in [0, 0.1) is 6.92 Å². The molecule has 0 saturated carbocycles. The molecule has 1 N–H and O–H groups in total. The first kappa shape index (κ1) is 18.0. The van der Waals surface area contributed by atoms with Crippen molar-refractivity contribution in [3.05, 3.63) is 62.4 Å². The molecular weight excluding hydrogens is 429 g/mol. The first-order valence-corrected chi connectivity index (χ1v) is 8.92. The van der Waals surface area contributed by atoms with E-state index in [9.17, 15) is 4.79 Å². The summed E-state index contributed by atoms with van der Waals surface area (Å²) in [4.78, 5) is 12.1. The van der Waals surface area contributed by atoms with Crippen molar-refractivity contribution in [1.29, 1.82) is 0 Å². The molecule has 0 aliphatic heterocycles. The number of nitrogens with zero attached hydrogens (tertiary/aromatic N) is 4. The molecule has 0 aliphatic rings. The van der Waals surface area contributed by atoms with Crippen molar-refractivity contribution < 1.29 is 4.79 Å². The second-order valence-electron chi connectivity index (χ2n) is 5.48. The van der Waals surface area contributed by atoms with Gasteiger partial charge in [0.15, 0.2) is 5.82 Å². The minimum atomic E-state index is -0.199. The molecule has 0 saturated heterocycles. The molecule has 0 fully saturated rings. The summed E-state index contributed by atoms with van der Waals surface area (Å²) in [5, 5.41) is 12.3. The molecule has 0 bridgehead atoms. The monoisotopic (exact) mass is 441 g/mol. The Labute approximate surface area is 162 Å². The Balaban J connectivity index is 1.67. The Hall–Kier alpha value is -1.83. The van der Waals surface area contributed by atoms with Crippen LogP contribution in [0.3, 0.4) is 0 Å². The highest BCUT2D eigenvalue weighted by Crippen LogP contribution is 2.23. The maximum Gasteiger partial charge on any atom is 0.247 e. The summed E-state index contributed by atoms with van der Waals surface area (Å²) in [6.45, 7) is 2.57. The molecule has 1 aromatic carbocycles. The van der Waals surface area contributed by atoms with Crippen molar-refractivity contribution in [1.82, 2.24) is 19.6 Å². The highest BCUT2D eigenvalue weighted by atomic mass is 79.9. The van der Waals surface area contributed by atoms with E-state index in [0.29, 0.717) is 22.4 Å². The molecule has 0 aliphatic carbocycles. The van der Waals surface area contributed by atoms with Crippen LogP contribution in [0.25, 0.3) is 0 Å². The van der Waals surface area contributed by atoms with Gasteiger partial charge in [0.05, 0.1) is 27.3 Å². The maximum absolute atomic E-state index is 12.1. The zero-order chi connectivity index (χ0) is 18.0. The van der Waals surface area contributed by atoms with Crippen LogP contribution in [0.15, 0.2) is 41.1 Å². The number of hydrogen-bond donors (Lipinski definition) is 1. The lowest BCUT2D eigenvalue weighted by Gasteiger charge is -2.06. The van der Waals surface area contributed by atoms with E-state index in [4.69, 9.17) is 23.2 Å². The van der Waals surface area contributed by atoms with Gasteiger partial charge < -0.3 is 5.32 Å². The minimum absolute atomic E-state index is 0.115. The quantitative estimate of drug-likeness (QED) is 0.645. The smallest absolute Gasteiger partial charge is 0.247 e. The second-order valence-corrected chi connectivity index (χ2v) is 7.21. The van der Waals surface area contributed by atoms with Crippen LogP contribution in [0.5, 0.6) is 0 Å². The highest BCUT2D eigenvalue weighted by molar-refractivity contribution is 9.10. The van der Waals surface area contributed by atoms with Gasteiger partial charge in [0.2, 0.25) is 5.91 Å². The Kier molecular flexibility index (Phi) is 5.46. The van der Waals surface area contributed by atoms with Crippen LogP contribution in [0.4, 0.5) is 5.82 Å². The largest absolute Gasteiger partial charge is 0.308 e. The first-order chi connectivity index (χ1) is 11.9. The highest BCUT2D eigenvalue weighted by Gasteiger charge is 2.10. The van der Waals surface area contributed by atoms with E-state index in [1.54, 1.807) is 33.9 Å². The van der Waals surface area contributed by atoms with Crippen molar-refractivity contribution in [3.63, 3.8) is 0 Å². The molecule has 0 unspecified atom stereocenters. The van der Waals surface area contributed by atoms with Gasteiger partial charge in [-0.25, -0.2) is 0 Å². The fourth-order valence-electron chi connectivity index (χ4n) is 2.30. The lowest BCUT2D eigenvalue weighted by Crippen LogP contribution is -2.19. The predicted molar refractivity (Wildman–Crippen MR) is 101 cm³/mol. The molecule has 3 rings (SSSR count). The summed E-state index contributed by atoms with van der Waals surface area (Å²) in [6, 6.07) is 7.26. The summed E-state index contributed by atoms with van der Waals surface area (Å²) >= 11 is 15.3. The Morgan fingerprint density at radius 1 is 1.28 bits per heavy atom. The molecule has 2 aromatic heterocycles. The molecule has 6 nitrogen and oxygen atoms in total. The molecule has 3 aromatic rings. The van der Waals surface area contributed by atoms with Crippen LogP contribution in [-0.2, 0) is 17.9 Å². The average Bonchev–Trinajstić information content (AvgIpc) is 3.09. The Bertz CT molecular complexity index is 921. The van der Waals surface area contributed by atoms with Crippen molar-refractivity contribution in [2.75, 3.05) is 5.32 Å². The zero-order valence-corrected chi connectivity index (χ0v) is 16.3. The second kappa shape index (κ2) is 7.59. The Morgan fingerprint density at radius 2 is 2.08 bits per heavy atom. The number of carbonyl (C=O) groups excluding carboxylic acids is 1. The number of anilines is 1. The number of rotatable bonds is 5. The molecular formula is C16H14BrCl2N5O. The number of halogens is 3. The summed E-state index contributed by atoms with van der Waals surface area (Å²) in [5.41, 5.74) is 1.89. The lowest BCUT2D eigenvalue weighted by molar-refractivity contribution is -0.116. The summed E-state index contributed by atoms with van der Waals surface area (Å²) in [5.74, 6) is 0.295. The SMILES string of the molecule is Cc1cc(NC(=O)Cn2cc(Br)cn2)nn1Cc1ccc(Cl)c(Cl)c1. The molecule has 0 atom stereocenters. The number of nitrogens with one attached hydrogen (secondary N) is 1. The number of aromatic nitrogens is 4. The molecule has 0 radical (unpaired) electrons. The minimum Gasteiger partial charge on any atom is -0.308 e. The molecule has 1 amide bonds. The van der Waals surface area contributed by atoms with Gasteiger partial charge in [-0.05, 0) is 40.5 Å². The number of benzene rings is 1.